The molecule has 1 saturated heterocycles. The van der Waals surface area contributed by atoms with Gasteiger partial charge in [0, 0.05) is 45.9 Å². The first-order valence-corrected chi connectivity index (χ1v) is 5.35. The Bertz CT molecular complexity index is 151. The van der Waals surface area contributed by atoms with Crippen molar-refractivity contribution >= 4 is 0 Å². The molecule has 0 spiro atoms. The Labute approximate surface area is 80.6 Å². The number of ether oxygens (including phenoxy) is 1. The van der Waals surface area contributed by atoms with E-state index in [-0.39, 0.29) is 0 Å². The van der Waals surface area contributed by atoms with Crippen molar-refractivity contribution in [1.29, 1.82) is 0 Å². The van der Waals surface area contributed by atoms with E-state index in [1.165, 1.54) is 39.0 Å². The van der Waals surface area contributed by atoms with Crippen LogP contribution in [0.3, 0.4) is 0 Å². The van der Waals surface area contributed by atoms with Crippen LogP contribution < -0.4 is 0 Å². The van der Waals surface area contributed by atoms with Crippen LogP contribution in [0.4, 0.5) is 0 Å². The Morgan fingerprint density at radius 3 is 2.38 bits per heavy atom. The fourth-order valence-corrected chi connectivity index (χ4v) is 2.01. The molecule has 0 aromatic carbocycles. The summed E-state index contributed by atoms with van der Waals surface area (Å²) in [5, 5.41) is 0. The third-order valence-electron chi connectivity index (χ3n) is 3.08. The first-order valence-electron chi connectivity index (χ1n) is 5.35. The largest absolute Gasteiger partial charge is 0.383 e. The highest BCUT2D eigenvalue weighted by molar-refractivity contribution is 4.87. The van der Waals surface area contributed by atoms with E-state index in [1.807, 2.05) is 0 Å². The fraction of sp³-hybridized carbons (Fsp3) is 1.00. The van der Waals surface area contributed by atoms with E-state index >= 15 is 0 Å². The van der Waals surface area contributed by atoms with Crippen LogP contribution in [0.1, 0.15) is 12.8 Å². The SMILES string of the molecule is COCCN1CCN(C2CC2)CC1. The number of hydrogen-bond acceptors (Lipinski definition) is 3. The quantitative estimate of drug-likeness (QED) is 0.629. The lowest BCUT2D eigenvalue weighted by atomic mass is 10.3. The summed E-state index contributed by atoms with van der Waals surface area (Å²) in [6.07, 6.45) is 2.89. The van der Waals surface area contributed by atoms with Crippen LogP contribution in [-0.4, -0.2) is 62.3 Å². The first-order chi connectivity index (χ1) is 6.40. The molecule has 3 nitrogen and oxygen atoms in total. The molecule has 1 aliphatic heterocycles. The van der Waals surface area contributed by atoms with Crippen molar-refractivity contribution in [2.75, 3.05) is 46.4 Å². The Morgan fingerprint density at radius 1 is 1.15 bits per heavy atom. The van der Waals surface area contributed by atoms with Gasteiger partial charge in [-0.3, -0.25) is 9.80 Å². The molecule has 2 rings (SSSR count). The number of methoxy groups -OCH3 is 1. The molecule has 0 aromatic rings. The van der Waals surface area contributed by atoms with Gasteiger partial charge in [-0.1, -0.05) is 0 Å². The zero-order valence-electron chi connectivity index (χ0n) is 8.54. The Kier molecular flexibility index (Phi) is 3.19. The highest BCUT2D eigenvalue weighted by atomic mass is 16.5. The second-order valence-electron chi connectivity index (χ2n) is 4.10. The van der Waals surface area contributed by atoms with Gasteiger partial charge in [0.2, 0.25) is 0 Å². The summed E-state index contributed by atoms with van der Waals surface area (Å²) in [4.78, 5) is 5.14. The van der Waals surface area contributed by atoms with Gasteiger partial charge in [-0.2, -0.15) is 0 Å². The maximum absolute atomic E-state index is 5.08. The Balaban J connectivity index is 1.63. The number of nitrogens with zero attached hydrogens (tertiary/aromatic N) is 2. The molecule has 1 saturated carbocycles. The molecule has 0 atom stereocenters. The molecule has 13 heavy (non-hydrogen) atoms. The summed E-state index contributed by atoms with van der Waals surface area (Å²) in [6, 6.07) is 0.949. The van der Waals surface area contributed by atoms with E-state index < -0.39 is 0 Å². The number of hydrogen-bond donors (Lipinski definition) is 0. The average molecular weight is 184 g/mol. The summed E-state index contributed by atoms with van der Waals surface area (Å²) in [5.41, 5.74) is 0. The molecular formula is C10H20N2O. The lowest BCUT2D eigenvalue weighted by Gasteiger charge is -2.34. The smallest absolute Gasteiger partial charge is 0.0589 e. The van der Waals surface area contributed by atoms with Gasteiger partial charge in [-0.05, 0) is 12.8 Å². The van der Waals surface area contributed by atoms with Gasteiger partial charge in [-0.25, -0.2) is 0 Å². The standard InChI is InChI=1S/C10H20N2O/c1-13-9-8-11-4-6-12(7-5-11)10-2-3-10/h10H,2-9H2,1H3. The number of rotatable bonds is 4. The summed E-state index contributed by atoms with van der Waals surface area (Å²) in [5.74, 6) is 0. The van der Waals surface area contributed by atoms with Gasteiger partial charge < -0.3 is 4.74 Å². The van der Waals surface area contributed by atoms with Gasteiger partial charge in [0.25, 0.3) is 0 Å². The topological polar surface area (TPSA) is 15.7 Å². The van der Waals surface area contributed by atoms with Crippen molar-refractivity contribution in [2.24, 2.45) is 0 Å². The minimum atomic E-state index is 0.878. The summed E-state index contributed by atoms with van der Waals surface area (Å²) in [6.45, 7) is 7.00. The van der Waals surface area contributed by atoms with Crippen molar-refractivity contribution in [2.45, 2.75) is 18.9 Å². The monoisotopic (exact) mass is 184 g/mol. The lowest BCUT2D eigenvalue weighted by Crippen LogP contribution is -2.47. The van der Waals surface area contributed by atoms with Gasteiger partial charge in [0.05, 0.1) is 6.61 Å². The van der Waals surface area contributed by atoms with E-state index in [2.05, 4.69) is 9.80 Å². The molecule has 3 heteroatoms. The van der Waals surface area contributed by atoms with Crippen molar-refractivity contribution in [3.05, 3.63) is 0 Å². The van der Waals surface area contributed by atoms with Crippen LogP contribution in [0.25, 0.3) is 0 Å². The molecule has 0 aromatic heterocycles. The van der Waals surface area contributed by atoms with E-state index in [4.69, 9.17) is 4.74 Å². The van der Waals surface area contributed by atoms with E-state index in [1.54, 1.807) is 7.11 Å². The zero-order chi connectivity index (χ0) is 9.10. The van der Waals surface area contributed by atoms with Gasteiger partial charge >= 0.3 is 0 Å². The minimum Gasteiger partial charge on any atom is -0.383 e. The minimum absolute atomic E-state index is 0.878. The summed E-state index contributed by atoms with van der Waals surface area (Å²) in [7, 11) is 1.78. The van der Waals surface area contributed by atoms with Crippen molar-refractivity contribution < 1.29 is 4.74 Å². The molecule has 2 aliphatic rings. The molecular weight excluding hydrogens is 164 g/mol. The molecule has 1 heterocycles. The predicted molar refractivity (Wildman–Crippen MR) is 52.9 cm³/mol. The predicted octanol–water partition coefficient (Wildman–Crippen LogP) is 0.413. The van der Waals surface area contributed by atoms with Gasteiger partial charge in [-0.15, -0.1) is 0 Å². The van der Waals surface area contributed by atoms with Crippen LogP contribution in [0, 0.1) is 0 Å². The molecule has 0 N–H and O–H groups in total. The highest BCUT2D eigenvalue weighted by Gasteiger charge is 2.30. The van der Waals surface area contributed by atoms with Crippen LogP contribution >= 0.6 is 0 Å². The van der Waals surface area contributed by atoms with E-state index in [0.29, 0.717) is 0 Å². The summed E-state index contributed by atoms with van der Waals surface area (Å²) < 4.78 is 5.08. The van der Waals surface area contributed by atoms with Gasteiger partial charge in [0.15, 0.2) is 0 Å². The Morgan fingerprint density at radius 2 is 1.85 bits per heavy atom. The second-order valence-corrected chi connectivity index (χ2v) is 4.10. The number of piperazine rings is 1. The van der Waals surface area contributed by atoms with Crippen LogP contribution in [0.15, 0.2) is 0 Å². The molecule has 0 unspecified atom stereocenters. The van der Waals surface area contributed by atoms with E-state index in [0.717, 1.165) is 19.2 Å². The molecule has 0 radical (unpaired) electrons. The molecule has 76 valence electrons. The second kappa shape index (κ2) is 4.40. The van der Waals surface area contributed by atoms with Crippen LogP contribution in [0.5, 0.6) is 0 Å². The zero-order valence-corrected chi connectivity index (χ0v) is 8.54. The van der Waals surface area contributed by atoms with Crippen molar-refractivity contribution in [3.8, 4) is 0 Å². The molecule has 1 aliphatic carbocycles. The highest BCUT2D eigenvalue weighted by Crippen LogP contribution is 2.27. The molecule has 0 amide bonds. The third kappa shape index (κ3) is 2.66. The van der Waals surface area contributed by atoms with Crippen molar-refractivity contribution in [3.63, 3.8) is 0 Å². The lowest BCUT2D eigenvalue weighted by molar-refractivity contribution is 0.0936. The maximum Gasteiger partial charge on any atom is 0.0589 e. The normalized spacial score (nSPS) is 26.5. The van der Waals surface area contributed by atoms with Gasteiger partial charge in [0.1, 0.15) is 0 Å². The first kappa shape index (κ1) is 9.44. The Hall–Kier alpha value is -0.120. The van der Waals surface area contributed by atoms with E-state index in [9.17, 15) is 0 Å². The summed E-state index contributed by atoms with van der Waals surface area (Å²) >= 11 is 0. The van der Waals surface area contributed by atoms with Crippen molar-refractivity contribution in [1.82, 2.24) is 9.80 Å². The average Bonchev–Trinajstić information content (AvgIpc) is 2.99. The fourth-order valence-electron chi connectivity index (χ4n) is 2.01. The third-order valence-corrected chi connectivity index (χ3v) is 3.08. The van der Waals surface area contributed by atoms with Crippen LogP contribution in [0.2, 0.25) is 0 Å². The maximum atomic E-state index is 5.08. The van der Waals surface area contributed by atoms with Crippen LogP contribution in [-0.2, 0) is 4.74 Å². The molecule has 0 bridgehead atoms. The molecule has 2 fully saturated rings.